The van der Waals surface area contributed by atoms with Crippen molar-refractivity contribution in [3.8, 4) is 0 Å². The molecule has 1 saturated carbocycles. The molecular weight excluding hydrogens is 252 g/mol. The summed E-state index contributed by atoms with van der Waals surface area (Å²) in [4.78, 5) is 14.5. The predicted molar refractivity (Wildman–Crippen MR) is 78.6 cm³/mol. The van der Waals surface area contributed by atoms with Gasteiger partial charge in [0.15, 0.2) is 0 Å². The first-order valence-electron chi connectivity index (χ1n) is 7.48. The fourth-order valence-corrected chi connectivity index (χ4v) is 2.75. The number of carbonyl (C=O) groups is 1. The Kier molecular flexibility index (Phi) is 4.33. The first-order valence-corrected chi connectivity index (χ1v) is 7.48. The van der Waals surface area contributed by atoms with Gasteiger partial charge >= 0.3 is 0 Å². The summed E-state index contributed by atoms with van der Waals surface area (Å²) < 4.78 is 5.43. The monoisotopic (exact) mass is 274 g/mol. The van der Waals surface area contributed by atoms with Gasteiger partial charge in [0.2, 0.25) is 5.91 Å². The minimum absolute atomic E-state index is 0.0852. The van der Waals surface area contributed by atoms with Crippen LogP contribution < -0.4 is 5.32 Å². The summed E-state index contributed by atoms with van der Waals surface area (Å²) in [7, 11) is 0. The van der Waals surface area contributed by atoms with Gasteiger partial charge in [-0.15, -0.1) is 0 Å². The number of hydrogen-bond donors (Lipinski definition) is 1. The van der Waals surface area contributed by atoms with Crippen molar-refractivity contribution in [3.05, 3.63) is 30.3 Å². The van der Waals surface area contributed by atoms with E-state index in [0.717, 1.165) is 31.9 Å². The van der Waals surface area contributed by atoms with Crippen LogP contribution in [0.15, 0.2) is 30.3 Å². The molecule has 20 heavy (non-hydrogen) atoms. The Bertz CT molecular complexity index is 439. The topological polar surface area (TPSA) is 41.6 Å². The van der Waals surface area contributed by atoms with Crippen LogP contribution >= 0.6 is 0 Å². The highest BCUT2D eigenvalue weighted by Crippen LogP contribution is 2.28. The second kappa shape index (κ2) is 6.37. The van der Waals surface area contributed by atoms with Crippen LogP contribution in [0.1, 0.15) is 19.3 Å². The lowest BCUT2D eigenvalue weighted by Gasteiger charge is -2.24. The molecule has 4 nitrogen and oxygen atoms in total. The molecule has 1 N–H and O–H groups in total. The van der Waals surface area contributed by atoms with Gasteiger partial charge in [-0.3, -0.25) is 9.69 Å². The lowest BCUT2D eigenvalue weighted by Crippen LogP contribution is -2.38. The predicted octanol–water partition coefficient (Wildman–Crippen LogP) is 2.13. The van der Waals surface area contributed by atoms with Gasteiger partial charge in [0.25, 0.3) is 0 Å². The maximum Gasteiger partial charge on any atom is 0.238 e. The Hall–Kier alpha value is -1.39. The average Bonchev–Trinajstić information content (AvgIpc) is 3.18. The van der Waals surface area contributed by atoms with Gasteiger partial charge in [-0.2, -0.15) is 0 Å². The normalized spacial score (nSPS) is 22.1. The summed E-state index contributed by atoms with van der Waals surface area (Å²) in [5.41, 5.74) is 0.873. The minimum atomic E-state index is 0.0852. The molecule has 108 valence electrons. The van der Waals surface area contributed by atoms with Crippen molar-refractivity contribution in [2.75, 3.05) is 31.6 Å². The number of hydrogen-bond acceptors (Lipinski definition) is 3. The molecule has 1 saturated heterocycles. The number of benzene rings is 1. The number of nitrogens with one attached hydrogen (secondary N) is 1. The van der Waals surface area contributed by atoms with Gasteiger partial charge in [-0.25, -0.2) is 0 Å². The van der Waals surface area contributed by atoms with Crippen molar-refractivity contribution in [2.24, 2.45) is 5.92 Å². The van der Waals surface area contributed by atoms with Crippen molar-refractivity contribution in [2.45, 2.75) is 25.3 Å². The van der Waals surface area contributed by atoms with Gasteiger partial charge in [-0.05, 0) is 37.3 Å². The molecule has 0 bridgehead atoms. The summed E-state index contributed by atoms with van der Waals surface area (Å²) in [5, 5.41) is 2.97. The third-order valence-corrected chi connectivity index (χ3v) is 3.98. The van der Waals surface area contributed by atoms with Crippen molar-refractivity contribution in [1.82, 2.24) is 4.90 Å². The number of nitrogens with zero attached hydrogens (tertiary/aromatic N) is 1. The van der Waals surface area contributed by atoms with Crippen LogP contribution in [-0.2, 0) is 9.53 Å². The number of anilines is 1. The fourth-order valence-electron chi connectivity index (χ4n) is 2.75. The molecule has 1 aliphatic heterocycles. The summed E-state index contributed by atoms with van der Waals surface area (Å²) >= 11 is 0. The third-order valence-electron chi connectivity index (χ3n) is 3.98. The molecule has 1 atom stereocenters. The van der Waals surface area contributed by atoms with E-state index in [0.29, 0.717) is 18.5 Å². The molecule has 1 aromatic carbocycles. The van der Waals surface area contributed by atoms with E-state index in [1.165, 1.54) is 12.8 Å². The molecule has 2 fully saturated rings. The van der Waals surface area contributed by atoms with Crippen LogP contribution in [0.4, 0.5) is 5.69 Å². The lowest BCUT2D eigenvalue weighted by atomic mass is 10.1. The highest BCUT2D eigenvalue weighted by molar-refractivity contribution is 5.92. The molecule has 1 unspecified atom stereocenters. The van der Waals surface area contributed by atoms with Crippen LogP contribution in [-0.4, -0.2) is 43.2 Å². The Labute approximate surface area is 120 Å². The highest BCUT2D eigenvalue weighted by atomic mass is 16.5. The zero-order chi connectivity index (χ0) is 13.8. The zero-order valence-electron chi connectivity index (χ0n) is 11.8. The second-order valence-corrected chi connectivity index (χ2v) is 5.80. The van der Waals surface area contributed by atoms with E-state index in [2.05, 4.69) is 10.2 Å². The van der Waals surface area contributed by atoms with Crippen molar-refractivity contribution in [1.29, 1.82) is 0 Å². The maximum atomic E-state index is 12.1. The Morgan fingerprint density at radius 3 is 2.70 bits per heavy atom. The second-order valence-electron chi connectivity index (χ2n) is 5.80. The molecule has 0 aromatic heterocycles. The van der Waals surface area contributed by atoms with Crippen LogP contribution in [0.25, 0.3) is 0 Å². The van der Waals surface area contributed by atoms with Crippen LogP contribution in [0.5, 0.6) is 0 Å². The van der Waals surface area contributed by atoms with E-state index >= 15 is 0 Å². The molecule has 1 aromatic rings. The summed E-state index contributed by atoms with van der Waals surface area (Å²) in [6.07, 6.45) is 3.59. The number of carbonyl (C=O) groups excluding carboxylic acids is 1. The molecule has 1 heterocycles. The van der Waals surface area contributed by atoms with Gasteiger partial charge in [0, 0.05) is 24.9 Å². The smallest absolute Gasteiger partial charge is 0.238 e. The van der Waals surface area contributed by atoms with Crippen LogP contribution in [0.2, 0.25) is 0 Å². The molecule has 1 aliphatic carbocycles. The van der Waals surface area contributed by atoms with E-state index in [-0.39, 0.29) is 5.91 Å². The summed E-state index contributed by atoms with van der Waals surface area (Å²) in [5.74, 6) is 0.683. The van der Waals surface area contributed by atoms with Gasteiger partial charge in [0.05, 0.1) is 13.2 Å². The molecule has 4 heteroatoms. The Balaban J connectivity index is 1.51. The average molecular weight is 274 g/mol. The molecular formula is C16H22N2O2. The molecule has 2 aliphatic rings. The molecule has 0 spiro atoms. The Morgan fingerprint density at radius 2 is 2.05 bits per heavy atom. The number of para-hydroxylation sites is 1. The van der Waals surface area contributed by atoms with Gasteiger partial charge in [0.1, 0.15) is 0 Å². The number of rotatable bonds is 6. The summed E-state index contributed by atoms with van der Waals surface area (Å²) in [6.45, 7) is 3.21. The standard InChI is InChI=1S/C16H22N2O2/c19-16(17-14-4-2-1-3-5-14)11-18(15-6-7-15)10-13-8-9-20-12-13/h1-5,13,15H,6-12H2,(H,17,19). The quantitative estimate of drug-likeness (QED) is 0.864. The van der Waals surface area contributed by atoms with E-state index in [1.54, 1.807) is 0 Å². The molecule has 3 rings (SSSR count). The lowest BCUT2D eigenvalue weighted by molar-refractivity contribution is -0.117. The highest BCUT2D eigenvalue weighted by Gasteiger charge is 2.32. The Morgan fingerprint density at radius 1 is 1.25 bits per heavy atom. The summed E-state index contributed by atoms with van der Waals surface area (Å²) in [6, 6.07) is 10.3. The molecule has 0 radical (unpaired) electrons. The van der Waals surface area contributed by atoms with E-state index < -0.39 is 0 Å². The third kappa shape index (κ3) is 3.81. The van der Waals surface area contributed by atoms with Crippen LogP contribution in [0, 0.1) is 5.92 Å². The molecule has 1 amide bonds. The minimum Gasteiger partial charge on any atom is -0.381 e. The van der Waals surface area contributed by atoms with E-state index in [4.69, 9.17) is 4.74 Å². The SMILES string of the molecule is O=C(CN(CC1CCOC1)C1CC1)Nc1ccccc1. The number of amides is 1. The first kappa shape index (κ1) is 13.6. The van der Waals surface area contributed by atoms with Crippen molar-refractivity contribution >= 4 is 11.6 Å². The van der Waals surface area contributed by atoms with Crippen LogP contribution in [0.3, 0.4) is 0 Å². The number of ether oxygens (including phenoxy) is 1. The maximum absolute atomic E-state index is 12.1. The van der Waals surface area contributed by atoms with Crippen molar-refractivity contribution < 1.29 is 9.53 Å². The largest absolute Gasteiger partial charge is 0.381 e. The van der Waals surface area contributed by atoms with Gasteiger partial charge in [-0.1, -0.05) is 18.2 Å². The first-order chi connectivity index (χ1) is 9.81. The van der Waals surface area contributed by atoms with Gasteiger partial charge < -0.3 is 10.1 Å². The van der Waals surface area contributed by atoms with E-state index in [1.807, 2.05) is 30.3 Å². The van der Waals surface area contributed by atoms with Crippen molar-refractivity contribution in [3.63, 3.8) is 0 Å². The van der Waals surface area contributed by atoms with E-state index in [9.17, 15) is 4.79 Å². The fraction of sp³-hybridized carbons (Fsp3) is 0.562. The zero-order valence-corrected chi connectivity index (χ0v) is 11.8.